The van der Waals surface area contributed by atoms with Crippen LogP contribution >= 0.6 is 0 Å². The van der Waals surface area contributed by atoms with Crippen LogP contribution in [0.15, 0.2) is 24.3 Å². The van der Waals surface area contributed by atoms with Crippen LogP contribution in [0, 0.1) is 11.8 Å². The number of carbonyl (C=O) groups is 1. The summed E-state index contributed by atoms with van der Waals surface area (Å²) in [4.78, 5) is 11.9. The summed E-state index contributed by atoms with van der Waals surface area (Å²) in [7, 11) is 0. The zero-order valence-electron chi connectivity index (χ0n) is 9.92. The van der Waals surface area contributed by atoms with E-state index in [0.717, 1.165) is 12.1 Å². The van der Waals surface area contributed by atoms with E-state index in [-0.39, 0.29) is 11.9 Å². The summed E-state index contributed by atoms with van der Waals surface area (Å²) in [5.74, 6) is 5.79. The van der Waals surface area contributed by atoms with Gasteiger partial charge in [-0.2, -0.15) is 0 Å². The number of benzene rings is 1. The lowest BCUT2D eigenvalue weighted by atomic mass is 10.1. The van der Waals surface area contributed by atoms with Crippen LogP contribution in [-0.4, -0.2) is 18.5 Å². The lowest BCUT2D eigenvalue weighted by molar-refractivity contribution is -0.121. The molecular formula is C14H16N2O. The number of fused-ring (bicyclic) bond motifs is 1. The van der Waals surface area contributed by atoms with E-state index in [9.17, 15) is 4.79 Å². The number of para-hydroxylation sites is 1. The van der Waals surface area contributed by atoms with Crippen LogP contribution in [0.4, 0.5) is 5.69 Å². The number of amides is 1. The third-order valence-corrected chi connectivity index (χ3v) is 2.81. The van der Waals surface area contributed by atoms with Crippen LogP contribution in [0.25, 0.3) is 0 Å². The largest absolute Gasteiger partial charge is 0.373 e. The molecule has 1 aromatic carbocycles. The van der Waals surface area contributed by atoms with Crippen molar-refractivity contribution in [2.24, 2.45) is 0 Å². The summed E-state index contributed by atoms with van der Waals surface area (Å²) < 4.78 is 0. The molecule has 2 rings (SSSR count). The standard InChI is InChI=1S/C14H16N2O/c1-2-3-6-9-15-14(17)13-10-11-7-4-5-8-12(11)16-13/h4-5,7-8,13,16H,6,9-10H2,1H3,(H,15,17). The number of hydrogen-bond donors (Lipinski definition) is 2. The lowest BCUT2D eigenvalue weighted by Gasteiger charge is -2.10. The fourth-order valence-corrected chi connectivity index (χ4v) is 1.95. The minimum absolute atomic E-state index is 0.0547. The van der Waals surface area contributed by atoms with Gasteiger partial charge in [-0.3, -0.25) is 4.79 Å². The number of anilines is 1. The van der Waals surface area contributed by atoms with E-state index in [2.05, 4.69) is 28.5 Å². The summed E-state index contributed by atoms with van der Waals surface area (Å²) in [5.41, 5.74) is 2.28. The minimum atomic E-state index is -0.137. The molecule has 2 N–H and O–H groups in total. The van der Waals surface area contributed by atoms with Gasteiger partial charge >= 0.3 is 0 Å². The quantitative estimate of drug-likeness (QED) is 0.609. The molecule has 0 aliphatic carbocycles. The monoisotopic (exact) mass is 228 g/mol. The molecule has 1 aliphatic rings. The van der Waals surface area contributed by atoms with Gasteiger partial charge in [-0.05, 0) is 18.6 Å². The van der Waals surface area contributed by atoms with Crippen molar-refractivity contribution in [2.45, 2.75) is 25.8 Å². The second-order valence-corrected chi connectivity index (χ2v) is 4.03. The summed E-state index contributed by atoms with van der Waals surface area (Å²) in [5, 5.41) is 6.12. The van der Waals surface area contributed by atoms with E-state index < -0.39 is 0 Å². The van der Waals surface area contributed by atoms with Gasteiger partial charge in [0.1, 0.15) is 6.04 Å². The predicted molar refractivity (Wildman–Crippen MR) is 68.6 cm³/mol. The molecular weight excluding hydrogens is 212 g/mol. The third kappa shape index (κ3) is 2.79. The molecule has 17 heavy (non-hydrogen) atoms. The lowest BCUT2D eigenvalue weighted by Crippen LogP contribution is -2.38. The SMILES string of the molecule is CC#CCCNC(=O)C1Cc2ccccc2N1. The van der Waals surface area contributed by atoms with Crippen molar-refractivity contribution in [1.82, 2.24) is 5.32 Å². The molecule has 0 bridgehead atoms. The molecule has 1 heterocycles. The maximum atomic E-state index is 11.9. The Morgan fingerprint density at radius 1 is 1.53 bits per heavy atom. The van der Waals surface area contributed by atoms with Gasteiger partial charge in [0.15, 0.2) is 0 Å². The smallest absolute Gasteiger partial charge is 0.242 e. The highest BCUT2D eigenvalue weighted by molar-refractivity contribution is 5.87. The first kappa shape index (κ1) is 11.5. The molecule has 0 saturated carbocycles. The number of hydrogen-bond acceptors (Lipinski definition) is 2. The number of rotatable bonds is 3. The zero-order valence-corrected chi connectivity index (χ0v) is 9.92. The van der Waals surface area contributed by atoms with Crippen LogP contribution in [0.2, 0.25) is 0 Å². The van der Waals surface area contributed by atoms with Crippen molar-refractivity contribution in [3.63, 3.8) is 0 Å². The third-order valence-electron chi connectivity index (χ3n) is 2.81. The van der Waals surface area contributed by atoms with E-state index >= 15 is 0 Å². The first-order valence-electron chi connectivity index (χ1n) is 5.83. The normalized spacial score (nSPS) is 16.4. The summed E-state index contributed by atoms with van der Waals surface area (Å²) >= 11 is 0. The first-order chi connectivity index (χ1) is 8.31. The Balaban J connectivity index is 1.85. The molecule has 3 heteroatoms. The summed E-state index contributed by atoms with van der Waals surface area (Å²) in [6.45, 7) is 2.42. The Bertz CT molecular complexity index is 446. The predicted octanol–water partition coefficient (Wildman–Crippen LogP) is 1.55. The van der Waals surface area contributed by atoms with Gasteiger partial charge in [-0.25, -0.2) is 0 Å². The Morgan fingerprint density at radius 3 is 3.12 bits per heavy atom. The number of carbonyl (C=O) groups excluding carboxylic acids is 1. The van der Waals surface area contributed by atoms with Crippen LogP contribution in [0.5, 0.6) is 0 Å². The van der Waals surface area contributed by atoms with Gasteiger partial charge in [0.25, 0.3) is 0 Å². The Kier molecular flexibility index (Phi) is 3.66. The maximum Gasteiger partial charge on any atom is 0.242 e. The molecule has 1 aliphatic heterocycles. The Morgan fingerprint density at radius 2 is 2.35 bits per heavy atom. The highest BCUT2D eigenvalue weighted by Crippen LogP contribution is 2.24. The van der Waals surface area contributed by atoms with Crippen molar-refractivity contribution in [2.75, 3.05) is 11.9 Å². The number of nitrogens with one attached hydrogen (secondary N) is 2. The average Bonchev–Trinajstić information content (AvgIpc) is 2.78. The molecule has 88 valence electrons. The highest BCUT2D eigenvalue weighted by Gasteiger charge is 2.25. The Hall–Kier alpha value is -1.95. The van der Waals surface area contributed by atoms with E-state index in [1.54, 1.807) is 6.92 Å². The van der Waals surface area contributed by atoms with Crippen LogP contribution in [-0.2, 0) is 11.2 Å². The summed E-state index contributed by atoms with van der Waals surface area (Å²) in [6, 6.07) is 7.89. The van der Waals surface area contributed by atoms with Gasteiger partial charge < -0.3 is 10.6 Å². The zero-order chi connectivity index (χ0) is 12.1. The fourth-order valence-electron chi connectivity index (χ4n) is 1.95. The molecule has 0 saturated heterocycles. The average molecular weight is 228 g/mol. The van der Waals surface area contributed by atoms with Gasteiger partial charge in [-0.1, -0.05) is 18.2 Å². The molecule has 0 fully saturated rings. The molecule has 0 spiro atoms. The molecule has 1 aromatic rings. The minimum Gasteiger partial charge on any atom is -0.373 e. The maximum absolute atomic E-state index is 11.9. The van der Waals surface area contributed by atoms with Crippen molar-refractivity contribution in [1.29, 1.82) is 0 Å². The molecule has 1 amide bonds. The van der Waals surface area contributed by atoms with Gasteiger partial charge in [0.2, 0.25) is 5.91 Å². The molecule has 1 atom stereocenters. The van der Waals surface area contributed by atoms with Crippen LogP contribution in [0.1, 0.15) is 18.9 Å². The molecule has 0 aromatic heterocycles. The van der Waals surface area contributed by atoms with E-state index in [1.165, 1.54) is 5.56 Å². The van der Waals surface area contributed by atoms with Crippen molar-refractivity contribution in [3.05, 3.63) is 29.8 Å². The fraction of sp³-hybridized carbons (Fsp3) is 0.357. The van der Waals surface area contributed by atoms with E-state index in [4.69, 9.17) is 0 Å². The first-order valence-corrected chi connectivity index (χ1v) is 5.83. The second kappa shape index (κ2) is 5.40. The second-order valence-electron chi connectivity index (χ2n) is 4.03. The molecule has 1 unspecified atom stereocenters. The van der Waals surface area contributed by atoms with Gasteiger partial charge in [-0.15, -0.1) is 11.8 Å². The van der Waals surface area contributed by atoms with E-state index in [0.29, 0.717) is 13.0 Å². The highest BCUT2D eigenvalue weighted by atomic mass is 16.2. The Labute approximate surface area is 102 Å². The topological polar surface area (TPSA) is 41.1 Å². The van der Waals surface area contributed by atoms with Gasteiger partial charge in [0, 0.05) is 25.1 Å². The molecule has 3 nitrogen and oxygen atoms in total. The summed E-state index contributed by atoms with van der Waals surface area (Å²) in [6.07, 6.45) is 1.48. The molecule has 0 radical (unpaired) electrons. The van der Waals surface area contributed by atoms with E-state index in [1.807, 2.05) is 18.2 Å². The van der Waals surface area contributed by atoms with Crippen molar-refractivity contribution in [3.8, 4) is 11.8 Å². The van der Waals surface area contributed by atoms with Crippen LogP contribution < -0.4 is 10.6 Å². The van der Waals surface area contributed by atoms with Gasteiger partial charge in [0.05, 0.1) is 0 Å². The van der Waals surface area contributed by atoms with Crippen LogP contribution in [0.3, 0.4) is 0 Å². The van der Waals surface area contributed by atoms with Crippen molar-refractivity contribution >= 4 is 11.6 Å². The van der Waals surface area contributed by atoms with Crippen molar-refractivity contribution < 1.29 is 4.79 Å².